The zero-order valence-electron chi connectivity index (χ0n) is 11.1. The maximum Gasteiger partial charge on any atom is 0.134 e. The first-order chi connectivity index (χ1) is 9.22. The van der Waals surface area contributed by atoms with E-state index in [1.807, 2.05) is 44.6 Å². The molecule has 0 aliphatic carbocycles. The van der Waals surface area contributed by atoms with Crippen molar-refractivity contribution >= 4 is 0 Å². The van der Waals surface area contributed by atoms with Gasteiger partial charge in [0.1, 0.15) is 11.5 Å². The Kier molecular flexibility index (Phi) is 2.95. The molecule has 0 spiro atoms. The van der Waals surface area contributed by atoms with E-state index in [9.17, 15) is 0 Å². The van der Waals surface area contributed by atoms with Gasteiger partial charge < -0.3 is 8.98 Å². The lowest BCUT2D eigenvalue weighted by Crippen LogP contribution is -1.96. The fraction of sp³-hybridized carbons (Fsp3) is 0.188. The van der Waals surface area contributed by atoms with Crippen molar-refractivity contribution in [3.05, 3.63) is 65.9 Å². The minimum atomic E-state index is 0.795. The zero-order valence-corrected chi connectivity index (χ0v) is 11.1. The highest BCUT2D eigenvalue weighted by Gasteiger charge is 2.09. The van der Waals surface area contributed by atoms with Gasteiger partial charge in [-0.25, -0.2) is 4.98 Å². The first kappa shape index (κ1) is 11.8. The largest absolute Gasteiger partial charge is 0.461 e. The first-order valence-corrected chi connectivity index (χ1v) is 6.35. The highest BCUT2D eigenvalue weighted by atomic mass is 16.3. The van der Waals surface area contributed by atoms with E-state index in [-0.39, 0.29) is 0 Å². The molecule has 0 saturated carbocycles. The average molecular weight is 252 g/mol. The number of aromatic nitrogens is 2. The Balaban J connectivity index is 1.90. The molecule has 1 aromatic carbocycles. The summed E-state index contributed by atoms with van der Waals surface area (Å²) in [6.07, 6.45) is 3.89. The standard InChI is InChI=1S/C16H16N2O/c1-12-9-18(11-17-12)10-15-8-16(19-13(15)2)14-6-4-3-5-7-14/h3-9,11H,10H2,1-2H3. The van der Waals surface area contributed by atoms with E-state index in [2.05, 4.69) is 27.8 Å². The van der Waals surface area contributed by atoms with Gasteiger partial charge in [0.05, 0.1) is 18.6 Å². The minimum absolute atomic E-state index is 0.795. The molecule has 3 nitrogen and oxygen atoms in total. The Labute approximate surface area is 112 Å². The summed E-state index contributed by atoms with van der Waals surface area (Å²) in [4.78, 5) is 4.24. The van der Waals surface area contributed by atoms with Crippen LogP contribution < -0.4 is 0 Å². The summed E-state index contributed by atoms with van der Waals surface area (Å²) in [6, 6.07) is 12.3. The third-order valence-electron chi connectivity index (χ3n) is 3.19. The highest BCUT2D eigenvalue weighted by molar-refractivity contribution is 5.58. The van der Waals surface area contributed by atoms with Crippen LogP contribution in [0, 0.1) is 13.8 Å². The van der Waals surface area contributed by atoms with Gasteiger partial charge in [-0.15, -0.1) is 0 Å². The van der Waals surface area contributed by atoms with Crippen LogP contribution >= 0.6 is 0 Å². The second kappa shape index (κ2) is 4.76. The van der Waals surface area contributed by atoms with Crippen LogP contribution in [0.25, 0.3) is 11.3 Å². The molecule has 19 heavy (non-hydrogen) atoms. The minimum Gasteiger partial charge on any atom is -0.461 e. The molecule has 0 saturated heterocycles. The van der Waals surface area contributed by atoms with Crippen molar-refractivity contribution in [2.75, 3.05) is 0 Å². The molecule has 0 fully saturated rings. The molecule has 3 rings (SSSR count). The van der Waals surface area contributed by atoms with Gasteiger partial charge in [0.2, 0.25) is 0 Å². The van der Waals surface area contributed by atoms with Crippen LogP contribution in [0.3, 0.4) is 0 Å². The van der Waals surface area contributed by atoms with Crippen LogP contribution in [0.2, 0.25) is 0 Å². The van der Waals surface area contributed by atoms with Crippen LogP contribution in [-0.4, -0.2) is 9.55 Å². The molecule has 0 bridgehead atoms. The Bertz CT molecular complexity index is 680. The monoisotopic (exact) mass is 252 g/mol. The molecule has 3 aromatic rings. The van der Waals surface area contributed by atoms with Crippen LogP contribution in [0.15, 0.2) is 53.3 Å². The van der Waals surface area contributed by atoms with Crippen LogP contribution in [0.4, 0.5) is 0 Å². The highest BCUT2D eigenvalue weighted by Crippen LogP contribution is 2.25. The summed E-state index contributed by atoms with van der Waals surface area (Å²) in [5, 5.41) is 0. The number of furan rings is 1. The average Bonchev–Trinajstić information content (AvgIpc) is 2.98. The van der Waals surface area contributed by atoms with Crippen LogP contribution in [0.5, 0.6) is 0 Å². The molecule has 0 radical (unpaired) electrons. The van der Waals surface area contributed by atoms with Crippen molar-refractivity contribution < 1.29 is 4.42 Å². The maximum absolute atomic E-state index is 5.85. The number of rotatable bonds is 3. The van der Waals surface area contributed by atoms with Gasteiger partial charge in [-0.3, -0.25) is 0 Å². The molecule has 2 heterocycles. The summed E-state index contributed by atoms with van der Waals surface area (Å²) in [5.41, 5.74) is 3.33. The Hall–Kier alpha value is -2.29. The second-order valence-corrected chi connectivity index (χ2v) is 4.75. The molecule has 96 valence electrons. The molecule has 0 amide bonds. The van der Waals surface area contributed by atoms with Gasteiger partial charge in [0, 0.05) is 17.3 Å². The smallest absolute Gasteiger partial charge is 0.134 e. The summed E-state index contributed by atoms with van der Waals surface area (Å²) in [7, 11) is 0. The Morgan fingerprint density at radius 2 is 1.95 bits per heavy atom. The maximum atomic E-state index is 5.85. The van der Waals surface area contributed by atoms with Crippen molar-refractivity contribution in [2.24, 2.45) is 0 Å². The summed E-state index contributed by atoms with van der Waals surface area (Å²) < 4.78 is 7.92. The lowest BCUT2D eigenvalue weighted by atomic mass is 10.1. The van der Waals surface area contributed by atoms with Crippen molar-refractivity contribution in [2.45, 2.75) is 20.4 Å². The number of benzene rings is 1. The third kappa shape index (κ3) is 2.45. The van der Waals surface area contributed by atoms with Gasteiger partial charge >= 0.3 is 0 Å². The Morgan fingerprint density at radius 3 is 2.63 bits per heavy atom. The van der Waals surface area contributed by atoms with Crippen molar-refractivity contribution in [1.82, 2.24) is 9.55 Å². The second-order valence-electron chi connectivity index (χ2n) is 4.75. The van der Waals surface area contributed by atoms with Gasteiger partial charge in [-0.2, -0.15) is 0 Å². The lowest BCUT2D eigenvalue weighted by molar-refractivity contribution is 0.541. The number of nitrogens with zero attached hydrogens (tertiary/aromatic N) is 2. The van der Waals surface area contributed by atoms with Gasteiger partial charge in [0.25, 0.3) is 0 Å². The number of hydrogen-bond donors (Lipinski definition) is 0. The molecule has 0 aliphatic heterocycles. The Morgan fingerprint density at radius 1 is 1.16 bits per heavy atom. The van der Waals surface area contributed by atoms with E-state index in [0.717, 1.165) is 29.3 Å². The molecule has 0 N–H and O–H groups in total. The van der Waals surface area contributed by atoms with E-state index in [1.54, 1.807) is 0 Å². The summed E-state index contributed by atoms with van der Waals surface area (Å²) in [5.74, 6) is 1.88. The van der Waals surface area contributed by atoms with Gasteiger partial charge in [0.15, 0.2) is 0 Å². The molecular weight excluding hydrogens is 236 g/mol. The fourth-order valence-electron chi connectivity index (χ4n) is 2.18. The lowest BCUT2D eigenvalue weighted by Gasteiger charge is -1.98. The van der Waals surface area contributed by atoms with E-state index in [0.29, 0.717) is 0 Å². The first-order valence-electron chi connectivity index (χ1n) is 6.35. The number of aryl methyl sites for hydroxylation is 2. The zero-order chi connectivity index (χ0) is 13.2. The van der Waals surface area contributed by atoms with Crippen molar-refractivity contribution in [3.8, 4) is 11.3 Å². The normalized spacial score (nSPS) is 10.8. The molecule has 0 aliphatic rings. The quantitative estimate of drug-likeness (QED) is 0.709. The van der Waals surface area contributed by atoms with Crippen LogP contribution in [0.1, 0.15) is 17.0 Å². The van der Waals surface area contributed by atoms with Crippen molar-refractivity contribution in [1.29, 1.82) is 0 Å². The van der Waals surface area contributed by atoms with Gasteiger partial charge in [-0.1, -0.05) is 30.3 Å². The molecule has 0 unspecified atom stereocenters. The number of hydrogen-bond acceptors (Lipinski definition) is 2. The molecule has 3 heteroatoms. The van der Waals surface area contributed by atoms with E-state index < -0.39 is 0 Å². The fourth-order valence-corrected chi connectivity index (χ4v) is 2.18. The topological polar surface area (TPSA) is 31.0 Å². The predicted molar refractivity (Wildman–Crippen MR) is 74.9 cm³/mol. The van der Waals surface area contributed by atoms with Gasteiger partial charge in [-0.05, 0) is 19.9 Å². The predicted octanol–water partition coefficient (Wildman–Crippen LogP) is 3.81. The molecular formula is C16H16N2O. The SMILES string of the molecule is Cc1cn(Cc2cc(-c3ccccc3)oc2C)cn1. The van der Waals surface area contributed by atoms with E-state index in [4.69, 9.17) is 4.42 Å². The van der Waals surface area contributed by atoms with E-state index in [1.165, 1.54) is 5.56 Å². The summed E-state index contributed by atoms with van der Waals surface area (Å²) >= 11 is 0. The summed E-state index contributed by atoms with van der Waals surface area (Å²) in [6.45, 7) is 4.79. The van der Waals surface area contributed by atoms with Crippen LogP contribution in [-0.2, 0) is 6.54 Å². The number of imidazole rings is 1. The van der Waals surface area contributed by atoms with Crippen molar-refractivity contribution in [3.63, 3.8) is 0 Å². The van der Waals surface area contributed by atoms with E-state index >= 15 is 0 Å². The third-order valence-corrected chi connectivity index (χ3v) is 3.19. The molecule has 0 atom stereocenters. The molecule has 2 aromatic heterocycles.